The molecule has 1 rings (SSSR count). The Hall–Kier alpha value is -1.39. The van der Waals surface area contributed by atoms with Crippen LogP contribution in [0.25, 0.3) is 0 Å². The molecule has 5 heteroatoms. The molecule has 0 aliphatic heterocycles. The second-order valence-electron chi connectivity index (χ2n) is 2.45. The smallest absolute Gasteiger partial charge is 0.268 e. The van der Waals surface area contributed by atoms with Gasteiger partial charge in [-0.2, -0.15) is 0 Å². The molecule has 1 heterocycles. The Bertz CT molecular complexity index is 338. The third kappa shape index (κ3) is 1.68. The maximum Gasteiger partial charge on any atom is 0.268 e. The number of hydrogen-bond acceptors (Lipinski definition) is 2. The number of halogens is 3. The van der Waals surface area contributed by atoms with Crippen molar-refractivity contribution in [2.45, 2.75) is 13.3 Å². The van der Waals surface area contributed by atoms with E-state index in [0.717, 1.165) is 6.20 Å². The van der Waals surface area contributed by atoms with E-state index in [1.54, 1.807) is 0 Å². The van der Waals surface area contributed by atoms with Gasteiger partial charge >= 0.3 is 0 Å². The first-order valence-electron chi connectivity index (χ1n) is 3.46. The minimum atomic E-state index is -2.95. The highest BCUT2D eigenvalue weighted by atomic mass is 19.3. The van der Waals surface area contributed by atoms with Gasteiger partial charge in [0.15, 0.2) is 6.29 Å². The molecule has 0 aliphatic rings. The van der Waals surface area contributed by atoms with Crippen LogP contribution in [-0.2, 0) is 0 Å². The summed E-state index contributed by atoms with van der Waals surface area (Å²) in [6.45, 7) is 1.38. The summed E-state index contributed by atoms with van der Waals surface area (Å²) in [6.07, 6.45) is -2.03. The van der Waals surface area contributed by atoms with E-state index in [2.05, 4.69) is 4.98 Å². The van der Waals surface area contributed by atoms with E-state index < -0.39 is 23.4 Å². The fourth-order valence-corrected chi connectivity index (χ4v) is 0.896. The van der Waals surface area contributed by atoms with Crippen molar-refractivity contribution in [2.75, 3.05) is 0 Å². The van der Waals surface area contributed by atoms with Gasteiger partial charge in [0.1, 0.15) is 5.82 Å². The van der Waals surface area contributed by atoms with E-state index >= 15 is 0 Å². The fourth-order valence-electron chi connectivity index (χ4n) is 0.896. The number of rotatable bonds is 2. The van der Waals surface area contributed by atoms with Crippen molar-refractivity contribution in [2.24, 2.45) is 0 Å². The Labute approximate surface area is 72.4 Å². The van der Waals surface area contributed by atoms with Gasteiger partial charge in [0.25, 0.3) is 6.43 Å². The molecular formula is C8H6F3NO. The second kappa shape index (κ2) is 3.55. The van der Waals surface area contributed by atoms with E-state index in [-0.39, 0.29) is 12.0 Å². The molecule has 0 bridgehead atoms. The molecule has 0 amide bonds. The highest BCUT2D eigenvalue weighted by Gasteiger charge is 2.18. The molecule has 0 saturated carbocycles. The number of alkyl halides is 2. The van der Waals surface area contributed by atoms with Crippen LogP contribution in [0.5, 0.6) is 0 Å². The molecule has 13 heavy (non-hydrogen) atoms. The first-order valence-corrected chi connectivity index (χ1v) is 3.46. The van der Waals surface area contributed by atoms with E-state index in [0.29, 0.717) is 0 Å². The van der Waals surface area contributed by atoms with Crippen molar-refractivity contribution in [1.82, 2.24) is 4.98 Å². The average molecular weight is 189 g/mol. The van der Waals surface area contributed by atoms with Gasteiger partial charge < -0.3 is 0 Å². The molecule has 0 fully saturated rings. The van der Waals surface area contributed by atoms with Crippen molar-refractivity contribution < 1.29 is 18.0 Å². The molecule has 0 spiro atoms. The predicted octanol–water partition coefficient (Wildman–Crippen LogP) is 2.28. The largest absolute Gasteiger partial charge is 0.298 e. The Balaban J connectivity index is 3.35. The van der Waals surface area contributed by atoms with Crippen LogP contribution < -0.4 is 0 Å². The average Bonchev–Trinajstić information content (AvgIpc) is 2.04. The minimum Gasteiger partial charge on any atom is -0.298 e. The van der Waals surface area contributed by atoms with Crippen LogP contribution in [0.2, 0.25) is 0 Å². The molecule has 1 aromatic rings. The van der Waals surface area contributed by atoms with Gasteiger partial charge in [-0.3, -0.25) is 9.78 Å². The van der Waals surface area contributed by atoms with Gasteiger partial charge in [0.2, 0.25) is 0 Å². The summed E-state index contributed by atoms with van der Waals surface area (Å²) in [6, 6.07) is 0. The third-order valence-electron chi connectivity index (χ3n) is 1.63. The van der Waals surface area contributed by atoms with E-state index in [4.69, 9.17) is 0 Å². The predicted molar refractivity (Wildman–Crippen MR) is 39.3 cm³/mol. The van der Waals surface area contributed by atoms with E-state index in [1.165, 1.54) is 6.92 Å². The number of nitrogens with zero attached hydrogens (tertiary/aromatic N) is 1. The normalized spacial score (nSPS) is 10.5. The van der Waals surface area contributed by atoms with Crippen LogP contribution in [0, 0.1) is 12.7 Å². The van der Waals surface area contributed by atoms with Gasteiger partial charge in [-0.15, -0.1) is 0 Å². The Morgan fingerprint density at radius 1 is 1.54 bits per heavy atom. The summed E-state index contributed by atoms with van der Waals surface area (Å²) in [5, 5.41) is 0. The molecule has 0 unspecified atom stereocenters. The summed E-state index contributed by atoms with van der Waals surface area (Å²) in [4.78, 5) is 13.8. The van der Waals surface area contributed by atoms with Gasteiger partial charge in [-0.25, -0.2) is 13.2 Å². The maximum absolute atomic E-state index is 13.0. The standard InChI is InChI=1S/C8H6F3NO/c1-4-6(3-13)7(9)5(2-12-4)8(10)11/h2-3,8H,1H3. The van der Waals surface area contributed by atoms with Crippen LogP contribution in [0.15, 0.2) is 6.20 Å². The number of carbonyl (C=O) groups excluding carboxylic acids is 1. The number of aryl methyl sites for hydroxylation is 1. The Morgan fingerprint density at radius 3 is 2.62 bits per heavy atom. The lowest BCUT2D eigenvalue weighted by Gasteiger charge is -2.04. The number of carbonyl (C=O) groups is 1. The summed E-state index contributed by atoms with van der Waals surface area (Å²) in [5.74, 6) is -1.18. The first kappa shape index (κ1) is 9.70. The molecule has 0 aliphatic carbocycles. The number of aldehydes is 1. The molecule has 0 saturated heterocycles. The van der Waals surface area contributed by atoms with Crippen LogP contribution in [-0.4, -0.2) is 11.3 Å². The van der Waals surface area contributed by atoms with Crippen LogP contribution in [0.3, 0.4) is 0 Å². The fraction of sp³-hybridized carbons (Fsp3) is 0.250. The zero-order valence-corrected chi connectivity index (χ0v) is 6.72. The zero-order valence-electron chi connectivity index (χ0n) is 6.72. The van der Waals surface area contributed by atoms with Crippen LogP contribution >= 0.6 is 0 Å². The van der Waals surface area contributed by atoms with Gasteiger partial charge in [-0.05, 0) is 6.92 Å². The zero-order chi connectivity index (χ0) is 10.0. The first-order chi connectivity index (χ1) is 6.07. The summed E-state index contributed by atoms with van der Waals surface area (Å²) < 4.78 is 37.2. The molecule has 70 valence electrons. The highest BCUT2D eigenvalue weighted by molar-refractivity contribution is 5.77. The monoisotopic (exact) mass is 189 g/mol. The lowest BCUT2D eigenvalue weighted by molar-refractivity contribution is 0.111. The topological polar surface area (TPSA) is 30.0 Å². The molecule has 0 atom stereocenters. The van der Waals surface area contributed by atoms with Gasteiger partial charge in [0, 0.05) is 6.20 Å². The Kier molecular flexibility index (Phi) is 2.65. The number of pyridine rings is 1. The van der Waals surface area contributed by atoms with Crippen LogP contribution in [0.1, 0.15) is 28.0 Å². The van der Waals surface area contributed by atoms with Gasteiger partial charge in [0.05, 0.1) is 16.8 Å². The van der Waals surface area contributed by atoms with Crippen molar-refractivity contribution in [3.63, 3.8) is 0 Å². The molecule has 0 aromatic carbocycles. The molecule has 0 radical (unpaired) electrons. The molecule has 2 nitrogen and oxygen atoms in total. The van der Waals surface area contributed by atoms with Crippen molar-refractivity contribution in [1.29, 1.82) is 0 Å². The summed E-state index contributed by atoms with van der Waals surface area (Å²) >= 11 is 0. The molecule has 0 N–H and O–H groups in total. The van der Waals surface area contributed by atoms with Crippen molar-refractivity contribution in [3.05, 3.63) is 28.8 Å². The lowest BCUT2D eigenvalue weighted by Crippen LogP contribution is -2.01. The quantitative estimate of drug-likeness (QED) is 0.668. The van der Waals surface area contributed by atoms with E-state index in [9.17, 15) is 18.0 Å². The minimum absolute atomic E-state index is 0.108. The van der Waals surface area contributed by atoms with E-state index in [1.807, 2.05) is 0 Å². The molecular weight excluding hydrogens is 183 g/mol. The summed E-state index contributed by atoms with van der Waals surface area (Å²) in [5.41, 5.74) is -1.14. The second-order valence-corrected chi connectivity index (χ2v) is 2.45. The summed E-state index contributed by atoms with van der Waals surface area (Å²) in [7, 11) is 0. The number of aromatic nitrogens is 1. The van der Waals surface area contributed by atoms with Gasteiger partial charge in [-0.1, -0.05) is 0 Å². The Morgan fingerprint density at radius 2 is 2.15 bits per heavy atom. The van der Waals surface area contributed by atoms with Crippen LogP contribution in [0.4, 0.5) is 13.2 Å². The highest BCUT2D eigenvalue weighted by Crippen LogP contribution is 2.23. The number of hydrogen-bond donors (Lipinski definition) is 0. The lowest BCUT2D eigenvalue weighted by atomic mass is 10.1. The third-order valence-corrected chi connectivity index (χ3v) is 1.63. The SMILES string of the molecule is Cc1ncc(C(F)F)c(F)c1C=O. The van der Waals surface area contributed by atoms with Crippen molar-refractivity contribution >= 4 is 6.29 Å². The maximum atomic E-state index is 13.0. The molecule has 1 aromatic heterocycles. The van der Waals surface area contributed by atoms with Crippen molar-refractivity contribution in [3.8, 4) is 0 Å².